The van der Waals surface area contributed by atoms with Crippen LogP contribution in [0.5, 0.6) is 0 Å². The van der Waals surface area contributed by atoms with Gasteiger partial charge in [-0.25, -0.2) is 9.69 Å². The number of benzene rings is 2. The second kappa shape index (κ2) is 9.83. The predicted molar refractivity (Wildman–Crippen MR) is 122 cm³/mol. The van der Waals surface area contributed by atoms with Gasteiger partial charge in [0, 0.05) is 25.6 Å². The van der Waals surface area contributed by atoms with Gasteiger partial charge < -0.3 is 20.3 Å². The lowest BCUT2D eigenvalue weighted by Gasteiger charge is -2.33. The van der Waals surface area contributed by atoms with Crippen molar-refractivity contribution in [2.75, 3.05) is 29.9 Å². The third-order valence-electron chi connectivity index (χ3n) is 5.68. The number of morpholine rings is 1. The summed E-state index contributed by atoms with van der Waals surface area (Å²) < 4.78 is 5.81. The van der Waals surface area contributed by atoms with E-state index in [9.17, 15) is 19.2 Å². The van der Waals surface area contributed by atoms with Crippen LogP contribution in [0.15, 0.2) is 54.6 Å². The molecule has 2 saturated heterocycles. The van der Waals surface area contributed by atoms with Crippen molar-refractivity contribution in [3.63, 3.8) is 0 Å². The van der Waals surface area contributed by atoms with Gasteiger partial charge in [0.1, 0.15) is 12.1 Å². The first kappa shape index (κ1) is 22.5. The van der Waals surface area contributed by atoms with Crippen LogP contribution in [-0.4, -0.2) is 54.4 Å². The first-order valence-corrected chi connectivity index (χ1v) is 10.9. The maximum Gasteiger partial charge on any atom is 0.329 e. The first-order chi connectivity index (χ1) is 15.9. The molecule has 0 aromatic heterocycles. The Hall–Kier alpha value is -3.72. The summed E-state index contributed by atoms with van der Waals surface area (Å²) in [5.41, 5.74) is 1.86. The van der Waals surface area contributed by atoms with Crippen LogP contribution < -0.4 is 15.5 Å². The summed E-state index contributed by atoms with van der Waals surface area (Å²) in [4.78, 5) is 52.2. The number of urea groups is 1. The van der Waals surface area contributed by atoms with E-state index in [0.29, 0.717) is 31.1 Å². The number of nitrogens with one attached hydrogen (secondary N) is 2. The standard InChI is InChI=1S/C24H26N4O5/c1-16(29)25-18-8-5-9-19(14-18)28-23(31)20(26-24(28)32)10-11-22(30)27-12-13-33-21(15-27)17-6-3-2-4-7-17/h2-9,14,20-21H,10-13,15H2,1H3,(H,25,29)(H,26,32)/t20-,21+/m1/s1. The number of carbonyl (C=O) groups is 4. The van der Waals surface area contributed by atoms with E-state index in [-0.39, 0.29) is 30.8 Å². The number of hydrogen-bond donors (Lipinski definition) is 2. The molecule has 2 heterocycles. The summed E-state index contributed by atoms with van der Waals surface area (Å²) in [6.07, 6.45) is 0.166. The Balaban J connectivity index is 1.35. The number of hydrogen-bond acceptors (Lipinski definition) is 5. The maximum atomic E-state index is 12.9. The molecule has 2 N–H and O–H groups in total. The predicted octanol–water partition coefficient (Wildman–Crippen LogP) is 2.45. The molecule has 2 aliphatic rings. The zero-order chi connectivity index (χ0) is 23.4. The van der Waals surface area contributed by atoms with E-state index in [1.165, 1.54) is 6.92 Å². The number of rotatable bonds is 6. The van der Waals surface area contributed by atoms with Gasteiger partial charge in [-0.2, -0.15) is 0 Å². The largest absolute Gasteiger partial charge is 0.370 e. The van der Waals surface area contributed by atoms with Gasteiger partial charge in [-0.1, -0.05) is 36.4 Å². The number of nitrogens with zero attached hydrogens (tertiary/aromatic N) is 2. The molecule has 5 amide bonds. The first-order valence-electron chi connectivity index (χ1n) is 10.9. The van der Waals surface area contributed by atoms with Crippen LogP contribution >= 0.6 is 0 Å². The third kappa shape index (κ3) is 5.20. The van der Waals surface area contributed by atoms with Crippen molar-refractivity contribution in [3.05, 3.63) is 60.2 Å². The number of amides is 5. The fourth-order valence-electron chi connectivity index (χ4n) is 4.07. The second-order valence-corrected chi connectivity index (χ2v) is 8.06. The molecular formula is C24H26N4O5. The lowest BCUT2D eigenvalue weighted by atomic mass is 10.1. The van der Waals surface area contributed by atoms with Crippen molar-refractivity contribution in [2.24, 2.45) is 0 Å². The topological polar surface area (TPSA) is 108 Å². The smallest absolute Gasteiger partial charge is 0.329 e. The molecule has 0 unspecified atom stereocenters. The van der Waals surface area contributed by atoms with Gasteiger partial charge in [0.15, 0.2) is 0 Å². The van der Waals surface area contributed by atoms with E-state index in [4.69, 9.17) is 4.74 Å². The fraction of sp³-hybridized carbons (Fsp3) is 0.333. The summed E-state index contributed by atoms with van der Waals surface area (Å²) in [5, 5.41) is 5.29. The Morgan fingerprint density at radius 1 is 1.12 bits per heavy atom. The summed E-state index contributed by atoms with van der Waals surface area (Å²) in [6.45, 7) is 2.78. The number of ether oxygens (including phenoxy) is 1. The monoisotopic (exact) mass is 450 g/mol. The molecule has 4 rings (SSSR count). The van der Waals surface area contributed by atoms with Gasteiger partial charge in [0.05, 0.1) is 18.8 Å². The highest BCUT2D eigenvalue weighted by Crippen LogP contribution is 2.25. The van der Waals surface area contributed by atoms with Gasteiger partial charge in [-0.3, -0.25) is 14.4 Å². The van der Waals surface area contributed by atoms with Crippen LogP contribution in [0.4, 0.5) is 16.2 Å². The normalized spacial score (nSPS) is 20.5. The zero-order valence-electron chi connectivity index (χ0n) is 18.3. The third-order valence-corrected chi connectivity index (χ3v) is 5.68. The Labute approximate surface area is 191 Å². The van der Waals surface area contributed by atoms with Gasteiger partial charge in [-0.05, 0) is 30.2 Å². The van der Waals surface area contributed by atoms with Crippen molar-refractivity contribution in [1.29, 1.82) is 0 Å². The van der Waals surface area contributed by atoms with Crippen LogP contribution in [0, 0.1) is 0 Å². The molecule has 2 aliphatic heterocycles. The van der Waals surface area contributed by atoms with Crippen molar-refractivity contribution in [2.45, 2.75) is 31.9 Å². The summed E-state index contributed by atoms with van der Waals surface area (Å²) in [6, 6.07) is 14.9. The second-order valence-electron chi connectivity index (χ2n) is 8.06. The van der Waals surface area contributed by atoms with Gasteiger partial charge in [0.25, 0.3) is 5.91 Å². The lowest BCUT2D eigenvalue weighted by Crippen LogP contribution is -2.43. The molecule has 0 saturated carbocycles. The number of anilines is 2. The van der Waals surface area contributed by atoms with Crippen molar-refractivity contribution >= 4 is 35.1 Å². The van der Waals surface area contributed by atoms with E-state index < -0.39 is 18.0 Å². The highest BCUT2D eigenvalue weighted by molar-refractivity contribution is 6.21. The molecule has 0 spiro atoms. The van der Waals surface area contributed by atoms with E-state index >= 15 is 0 Å². The Morgan fingerprint density at radius 3 is 2.67 bits per heavy atom. The average Bonchev–Trinajstić information content (AvgIpc) is 3.10. The van der Waals surface area contributed by atoms with Crippen LogP contribution in [-0.2, 0) is 19.1 Å². The summed E-state index contributed by atoms with van der Waals surface area (Å²) >= 11 is 0. The number of imide groups is 1. The van der Waals surface area contributed by atoms with Crippen LogP contribution in [0.25, 0.3) is 0 Å². The molecule has 0 bridgehead atoms. The Bertz CT molecular complexity index is 1060. The quantitative estimate of drug-likeness (QED) is 0.658. The highest BCUT2D eigenvalue weighted by atomic mass is 16.5. The van der Waals surface area contributed by atoms with E-state index in [2.05, 4.69) is 10.6 Å². The van der Waals surface area contributed by atoms with Crippen LogP contribution in [0.2, 0.25) is 0 Å². The van der Waals surface area contributed by atoms with E-state index in [1.54, 1.807) is 29.2 Å². The van der Waals surface area contributed by atoms with E-state index in [0.717, 1.165) is 10.5 Å². The molecule has 9 nitrogen and oxygen atoms in total. The summed E-state index contributed by atoms with van der Waals surface area (Å²) in [7, 11) is 0. The maximum absolute atomic E-state index is 12.9. The SMILES string of the molecule is CC(=O)Nc1cccc(N2C(=O)N[C@H](CCC(=O)N3CCO[C@H](c4ccccc4)C3)C2=O)c1. The zero-order valence-corrected chi connectivity index (χ0v) is 18.3. The molecule has 2 aromatic carbocycles. The van der Waals surface area contributed by atoms with Gasteiger partial charge in [-0.15, -0.1) is 0 Å². The molecular weight excluding hydrogens is 424 g/mol. The van der Waals surface area contributed by atoms with Crippen molar-refractivity contribution in [1.82, 2.24) is 10.2 Å². The van der Waals surface area contributed by atoms with Crippen LogP contribution in [0.1, 0.15) is 31.4 Å². The minimum Gasteiger partial charge on any atom is -0.370 e. The van der Waals surface area contributed by atoms with Crippen LogP contribution in [0.3, 0.4) is 0 Å². The van der Waals surface area contributed by atoms with Crippen molar-refractivity contribution in [3.8, 4) is 0 Å². The van der Waals surface area contributed by atoms with E-state index in [1.807, 2.05) is 30.3 Å². The molecule has 2 aromatic rings. The molecule has 0 aliphatic carbocycles. The van der Waals surface area contributed by atoms with Gasteiger partial charge in [0.2, 0.25) is 11.8 Å². The molecule has 2 atom stereocenters. The minimum absolute atomic E-state index is 0.0765. The molecule has 2 fully saturated rings. The Morgan fingerprint density at radius 2 is 1.91 bits per heavy atom. The molecule has 0 radical (unpaired) electrons. The lowest BCUT2D eigenvalue weighted by molar-refractivity contribution is -0.139. The highest BCUT2D eigenvalue weighted by Gasteiger charge is 2.39. The Kier molecular flexibility index (Phi) is 6.69. The fourth-order valence-corrected chi connectivity index (χ4v) is 4.07. The molecule has 33 heavy (non-hydrogen) atoms. The number of carbonyl (C=O) groups excluding carboxylic acids is 4. The molecule has 9 heteroatoms. The molecule has 172 valence electrons. The van der Waals surface area contributed by atoms with Crippen molar-refractivity contribution < 1.29 is 23.9 Å². The summed E-state index contributed by atoms with van der Waals surface area (Å²) in [5.74, 6) is -0.748. The average molecular weight is 450 g/mol. The van der Waals surface area contributed by atoms with Gasteiger partial charge >= 0.3 is 6.03 Å². The minimum atomic E-state index is -0.781.